The van der Waals surface area contributed by atoms with Gasteiger partial charge < -0.3 is 19.7 Å². The standard InChI is InChI=1S/C27H27NO5S/c29-21-8-4-20(5-9-21)27-26(33-24-13-10-22(30)18-25(24)34(27)31)19-6-11-23(12-7-19)32-17-16-28-14-2-1-3-15-28/h4-13,18,29-30H,1-3,14-17H2. The lowest BCUT2D eigenvalue weighted by Gasteiger charge is -2.26. The summed E-state index contributed by atoms with van der Waals surface area (Å²) in [4.78, 5) is 3.33. The molecule has 0 radical (unpaired) electrons. The molecule has 5 rings (SSSR count). The number of fused-ring (bicyclic) bond motifs is 1. The third-order valence-electron chi connectivity index (χ3n) is 6.10. The van der Waals surface area contributed by atoms with Crippen LogP contribution in [0.2, 0.25) is 0 Å². The van der Waals surface area contributed by atoms with Gasteiger partial charge in [0.15, 0.2) is 5.76 Å². The van der Waals surface area contributed by atoms with Gasteiger partial charge in [-0.15, -0.1) is 0 Å². The summed E-state index contributed by atoms with van der Waals surface area (Å²) in [6, 6.07) is 18.7. The van der Waals surface area contributed by atoms with Gasteiger partial charge in [-0.05, 0) is 92.2 Å². The molecule has 0 saturated carbocycles. The predicted molar refractivity (Wildman–Crippen MR) is 132 cm³/mol. The summed E-state index contributed by atoms with van der Waals surface area (Å²) < 4.78 is 25.7. The van der Waals surface area contributed by atoms with Crippen LogP contribution in [0, 0.1) is 0 Å². The highest BCUT2D eigenvalue weighted by molar-refractivity contribution is 7.95. The fourth-order valence-electron chi connectivity index (χ4n) is 4.30. The number of aromatic hydroxyl groups is 2. The Kier molecular flexibility index (Phi) is 6.56. The molecule has 0 amide bonds. The van der Waals surface area contributed by atoms with E-state index >= 15 is 0 Å². The van der Waals surface area contributed by atoms with Crippen LogP contribution in [0.3, 0.4) is 0 Å². The molecule has 0 bridgehead atoms. The van der Waals surface area contributed by atoms with Gasteiger partial charge in [-0.2, -0.15) is 0 Å². The van der Waals surface area contributed by atoms with E-state index in [0.717, 1.165) is 30.9 Å². The van der Waals surface area contributed by atoms with Gasteiger partial charge in [-0.25, -0.2) is 4.21 Å². The first kappa shape index (κ1) is 22.5. The van der Waals surface area contributed by atoms with E-state index in [9.17, 15) is 14.4 Å². The molecule has 3 aromatic carbocycles. The fourth-order valence-corrected chi connectivity index (χ4v) is 5.71. The number of phenolic OH excluding ortho intramolecular Hbond substituents is 2. The van der Waals surface area contributed by atoms with E-state index in [-0.39, 0.29) is 11.5 Å². The molecule has 2 aliphatic heterocycles. The van der Waals surface area contributed by atoms with Crippen LogP contribution in [0.15, 0.2) is 71.6 Å². The van der Waals surface area contributed by atoms with Gasteiger partial charge in [0.25, 0.3) is 0 Å². The zero-order valence-electron chi connectivity index (χ0n) is 18.8. The Balaban J connectivity index is 1.42. The summed E-state index contributed by atoms with van der Waals surface area (Å²) in [7, 11) is -1.59. The summed E-state index contributed by atoms with van der Waals surface area (Å²) in [6.45, 7) is 3.84. The highest BCUT2D eigenvalue weighted by Gasteiger charge is 2.29. The molecule has 2 N–H and O–H groups in total. The highest BCUT2D eigenvalue weighted by Crippen LogP contribution is 2.43. The molecule has 0 aliphatic carbocycles. The molecular weight excluding hydrogens is 450 g/mol. The SMILES string of the molecule is O=S1C(c2ccc(O)cc2)=C(c2ccc(OCCN3CCCCC3)cc2)Oc2ccc(O)cc21. The summed E-state index contributed by atoms with van der Waals surface area (Å²) in [5.41, 5.74) is 1.43. The third kappa shape index (κ3) is 4.81. The fraction of sp³-hybridized carbons (Fsp3) is 0.259. The van der Waals surface area contributed by atoms with E-state index in [1.165, 1.54) is 31.4 Å². The number of hydrogen-bond donors (Lipinski definition) is 2. The first-order valence-electron chi connectivity index (χ1n) is 11.5. The van der Waals surface area contributed by atoms with Crippen molar-refractivity contribution >= 4 is 21.5 Å². The summed E-state index contributed by atoms with van der Waals surface area (Å²) in [5.74, 6) is 1.83. The third-order valence-corrected chi connectivity index (χ3v) is 7.61. The van der Waals surface area contributed by atoms with Gasteiger partial charge >= 0.3 is 0 Å². The number of rotatable bonds is 6. The molecule has 2 heterocycles. The van der Waals surface area contributed by atoms with Crippen molar-refractivity contribution in [2.75, 3.05) is 26.2 Å². The van der Waals surface area contributed by atoms with Crippen molar-refractivity contribution in [3.05, 3.63) is 77.9 Å². The number of hydrogen-bond acceptors (Lipinski definition) is 6. The van der Waals surface area contributed by atoms with Gasteiger partial charge in [-0.3, -0.25) is 4.90 Å². The van der Waals surface area contributed by atoms with Crippen molar-refractivity contribution in [1.82, 2.24) is 4.90 Å². The van der Waals surface area contributed by atoms with Gasteiger partial charge in [-0.1, -0.05) is 6.42 Å². The maximum atomic E-state index is 13.6. The van der Waals surface area contributed by atoms with E-state index in [1.54, 1.807) is 30.3 Å². The number of benzene rings is 3. The predicted octanol–water partition coefficient (Wildman–Crippen LogP) is 4.99. The minimum Gasteiger partial charge on any atom is -0.508 e. The van der Waals surface area contributed by atoms with Crippen LogP contribution >= 0.6 is 0 Å². The van der Waals surface area contributed by atoms with Crippen LogP contribution in [-0.2, 0) is 10.8 Å². The monoisotopic (exact) mass is 477 g/mol. The van der Waals surface area contributed by atoms with Crippen LogP contribution in [0.25, 0.3) is 10.7 Å². The largest absolute Gasteiger partial charge is 0.508 e. The normalized spacial score (nSPS) is 18.3. The van der Waals surface area contributed by atoms with Crippen LogP contribution in [0.4, 0.5) is 0 Å². The van der Waals surface area contributed by atoms with Crippen LogP contribution in [0.1, 0.15) is 30.4 Å². The molecule has 176 valence electrons. The Labute approximate surface area is 201 Å². The van der Waals surface area contributed by atoms with Gasteiger partial charge in [0.2, 0.25) is 0 Å². The van der Waals surface area contributed by atoms with Crippen LogP contribution in [0.5, 0.6) is 23.0 Å². The Bertz CT molecular complexity index is 1210. The minimum absolute atomic E-state index is 0.0234. The van der Waals surface area contributed by atoms with Gasteiger partial charge in [0.1, 0.15) is 29.6 Å². The van der Waals surface area contributed by atoms with E-state index in [2.05, 4.69) is 4.90 Å². The van der Waals surface area contributed by atoms with Crippen molar-refractivity contribution in [3.8, 4) is 23.0 Å². The number of nitrogens with zero attached hydrogens (tertiary/aromatic N) is 1. The molecule has 1 atom stereocenters. The number of ether oxygens (including phenoxy) is 2. The lowest BCUT2D eigenvalue weighted by Crippen LogP contribution is -2.33. The summed E-state index contributed by atoms with van der Waals surface area (Å²) in [5, 5.41) is 19.6. The maximum Gasteiger partial charge on any atom is 0.151 e. The number of likely N-dealkylation sites (tertiary alicyclic amines) is 1. The maximum absolute atomic E-state index is 13.6. The van der Waals surface area contributed by atoms with Crippen molar-refractivity contribution in [2.24, 2.45) is 0 Å². The second kappa shape index (κ2) is 9.91. The first-order chi connectivity index (χ1) is 16.6. The molecule has 1 saturated heterocycles. The Morgan fingerprint density at radius 3 is 2.26 bits per heavy atom. The zero-order chi connectivity index (χ0) is 23.5. The molecule has 0 spiro atoms. The molecule has 3 aromatic rings. The topological polar surface area (TPSA) is 79.2 Å². The Hall–Kier alpha value is -3.29. The van der Waals surface area contributed by atoms with Crippen molar-refractivity contribution < 1.29 is 23.9 Å². The zero-order valence-corrected chi connectivity index (χ0v) is 19.6. The van der Waals surface area contributed by atoms with Crippen LogP contribution in [-0.4, -0.2) is 45.6 Å². The van der Waals surface area contributed by atoms with E-state index < -0.39 is 10.8 Å². The number of piperidine rings is 1. The summed E-state index contributed by atoms with van der Waals surface area (Å²) in [6.07, 6.45) is 3.84. The van der Waals surface area contributed by atoms with Crippen LogP contribution < -0.4 is 9.47 Å². The van der Waals surface area contributed by atoms with Crippen molar-refractivity contribution in [1.29, 1.82) is 0 Å². The average Bonchev–Trinajstić information content (AvgIpc) is 2.86. The number of phenols is 2. The average molecular weight is 478 g/mol. The first-order valence-corrected chi connectivity index (χ1v) is 12.7. The second-order valence-corrected chi connectivity index (χ2v) is 9.87. The minimum atomic E-state index is -1.59. The van der Waals surface area contributed by atoms with E-state index in [4.69, 9.17) is 9.47 Å². The molecule has 34 heavy (non-hydrogen) atoms. The lowest BCUT2D eigenvalue weighted by molar-refractivity contribution is 0.183. The molecule has 7 heteroatoms. The second-order valence-electron chi connectivity index (χ2n) is 8.48. The smallest absolute Gasteiger partial charge is 0.151 e. The Morgan fingerprint density at radius 2 is 1.53 bits per heavy atom. The Morgan fingerprint density at radius 1 is 0.853 bits per heavy atom. The van der Waals surface area contributed by atoms with Crippen molar-refractivity contribution in [3.63, 3.8) is 0 Å². The summed E-state index contributed by atoms with van der Waals surface area (Å²) >= 11 is 0. The van der Waals surface area contributed by atoms with E-state index in [0.29, 0.717) is 33.5 Å². The quantitative estimate of drug-likeness (QED) is 0.521. The highest BCUT2D eigenvalue weighted by atomic mass is 32.2. The van der Waals surface area contributed by atoms with Crippen molar-refractivity contribution in [2.45, 2.75) is 24.2 Å². The molecular formula is C27H27NO5S. The molecule has 2 aliphatic rings. The molecule has 1 fully saturated rings. The molecule has 6 nitrogen and oxygen atoms in total. The molecule has 1 unspecified atom stereocenters. The van der Waals surface area contributed by atoms with Gasteiger partial charge in [0.05, 0.1) is 20.6 Å². The van der Waals surface area contributed by atoms with Gasteiger partial charge in [0, 0.05) is 18.2 Å². The van der Waals surface area contributed by atoms with E-state index in [1.807, 2.05) is 24.3 Å². The lowest BCUT2D eigenvalue weighted by atomic mass is 10.1. The molecule has 0 aromatic heterocycles.